The number of nitrogens with zero attached hydrogens (tertiary/aromatic N) is 2. The Labute approximate surface area is 128 Å². The van der Waals surface area contributed by atoms with Crippen molar-refractivity contribution in [2.24, 2.45) is 5.92 Å². The van der Waals surface area contributed by atoms with Gasteiger partial charge in [-0.1, -0.05) is 6.07 Å². The molecule has 0 aliphatic carbocycles. The third kappa shape index (κ3) is 2.91. The van der Waals surface area contributed by atoms with Gasteiger partial charge in [-0.15, -0.1) is 0 Å². The van der Waals surface area contributed by atoms with E-state index < -0.39 is 5.97 Å². The maximum Gasteiger partial charge on any atom is 0.303 e. The first kappa shape index (κ1) is 14.8. The minimum atomic E-state index is -0.864. The molecule has 2 aliphatic heterocycles. The molecule has 1 amide bonds. The number of likely N-dealkylation sites (tertiary alicyclic amines) is 1. The van der Waals surface area contributed by atoms with Crippen LogP contribution < -0.4 is 5.56 Å². The Morgan fingerprint density at radius 2 is 2.00 bits per heavy atom. The predicted octanol–water partition coefficient (Wildman–Crippen LogP) is 1.05. The van der Waals surface area contributed by atoms with Crippen molar-refractivity contribution in [1.82, 2.24) is 9.47 Å². The van der Waals surface area contributed by atoms with Crippen LogP contribution in [-0.4, -0.2) is 39.5 Å². The minimum Gasteiger partial charge on any atom is -0.481 e. The summed E-state index contributed by atoms with van der Waals surface area (Å²) in [5, 5.41) is 8.65. The summed E-state index contributed by atoms with van der Waals surface area (Å²) in [4.78, 5) is 36.6. The standard InChI is InChI=1S/C16H20N2O4/c19-14(4-2-6-16(21)22)17-8-11-7-12(10-17)13-3-1-5-15(20)18(13)9-11/h1,3,5,11-12H,2,4,6-10H2,(H,21,22)/t11-,12?/m0/s1. The van der Waals surface area contributed by atoms with Crippen LogP contribution in [0.3, 0.4) is 0 Å². The van der Waals surface area contributed by atoms with Crippen molar-refractivity contribution in [1.29, 1.82) is 0 Å². The average molecular weight is 304 g/mol. The molecular weight excluding hydrogens is 284 g/mol. The second-order valence-electron chi connectivity index (χ2n) is 6.24. The summed E-state index contributed by atoms with van der Waals surface area (Å²) in [6, 6.07) is 5.34. The number of carbonyl (C=O) groups is 2. The van der Waals surface area contributed by atoms with E-state index in [-0.39, 0.29) is 30.2 Å². The van der Waals surface area contributed by atoms with Gasteiger partial charge >= 0.3 is 5.97 Å². The molecule has 3 heterocycles. The number of aliphatic carboxylic acids is 1. The molecule has 1 fully saturated rings. The quantitative estimate of drug-likeness (QED) is 0.901. The van der Waals surface area contributed by atoms with E-state index in [1.165, 1.54) is 0 Å². The number of carboxylic acids is 1. The molecule has 22 heavy (non-hydrogen) atoms. The molecule has 2 atom stereocenters. The topological polar surface area (TPSA) is 79.6 Å². The second kappa shape index (κ2) is 5.94. The molecular formula is C16H20N2O4. The van der Waals surface area contributed by atoms with Gasteiger partial charge in [0.05, 0.1) is 0 Å². The van der Waals surface area contributed by atoms with Crippen molar-refractivity contribution < 1.29 is 14.7 Å². The van der Waals surface area contributed by atoms with Gasteiger partial charge in [0.15, 0.2) is 0 Å². The van der Waals surface area contributed by atoms with E-state index in [9.17, 15) is 14.4 Å². The van der Waals surface area contributed by atoms with Gasteiger partial charge in [0.2, 0.25) is 5.91 Å². The Balaban J connectivity index is 1.69. The highest BCUT2D eigenvalue weighted by Crippen LogP contribution is 2.35. The van der Waals surface area contributed by atoms with Crippen LogP contribution in [0.25, 0.3) is 0 Å². The van der Waals surface area contributed by atoms with Crippen LogP contribution >= 0.6 is 0 Å². The molecule has 0 aromatic carbocycles. The molecule has 3 rings (SSSR count). The van der Waals surface area contributed by atoms with Crippen LogP contribution in [0.15, 0.2) is 23.0 Å². The third-order valence-electron chi connectivity index (χ3n) is 4.61. The molecule has 1 saturated heterocycles. The average Bonchev–Trinajstić information content (AvgIpc) is 2.48. The zero-order chi connectivity index (χ0) is 15.7. The third-order valence-corrected chi connectivity index (χ3v) is 4.61. The van der Waals surface area contributed by atoms with Gasteiger partial charge in [-0.25, -0.2) is 0 Å². The number of rotatable bonds is 4. The summed E-state index contributed by atoms with van der Waals surface area (Å²) in [6.45, 7) is 1.97. The molecule has 1 aromatic rings. The van der Waals surface area contributed by atoms with E-state index in [4.69, 9.17) is 5.11 Å². The second-order valence-corrected chi connectivity index (χ2v) is 6.24. The number of amides is 1. The first-order valence-electron chi connectivity index (χ1n) is 7.74. The highest BCUT2D eigenvalue weighted by Gasteiger charge is 2.35. The van der Waals surface area contributed by atoms with Gasteiger partial charge < -0.3 is 14.6 Å². The first-order chi connectivity index (χ1) is 10.5. The number of piperidine rings is 1. The van der Waals surface area contributed by atoms with Crippen LogP contribution in [0.4, 0.5) is 0 Å². The van der Waals surface area contributed by atoms with Crippen molar-refractivity contribution in [3.05, 3.63) is 34.2 Å². The van der Waals surface area contributed by atoms with Gasteiger partial charge in [0.1, 0.15) is 0 Å². The van der Waals surface area contributed by atoms with Gasteiger partial charge in [-0.2, -0.15) is 0 Å². The molecule has 6 nitrogen and oxygen atoms in total. The van der Waals surface area contributed by atoms with Crippen molar-refractivity contribution >= 4 is 11.9 Å². The van der Waals surface area contributed by atoms with Crippen molar-refractivity contribution in [3.8, 4) is 0 Å². The Morgan fingerprint density at radius 1 is 1.18 bits per heavy atom. The summed E-state index contributed by atoms with van der Waals surface area (Å²) in [6.07, 6.45) is 1.72. The molecule has 0 radical (unpaired) electrons. The fourth-order valence-corrected chi connectivity index (χ4v) is 3.65. The summed E-state index contributed by atoms with van der Waals surface area (Å²) in [5.74, 6) is -0.307. The Kier molecular flexibility index (Phi) is 4.00. The van der Waals surface area contributed by atoms with E-state index in [0.717, 1.165) is 12.1 Å². The summed E-state index contributed by atoms with van der Waals surface area (Å²) >= 11 is 0. The van der Waals surface area contributed by atoms with Crippen LogP contribution in [0.2, 0.25) is 0 Å². The summed E-state index contributed by atoms with van der Waals surface area (Å²) in [5.41, 5.74) is 1.06. The largest absolute Gasteiger partial charge is 0.481 e. The number of carboxylic acid groups (broad SMARTS) is 1. The number of hydrogen-bond acceptors (Lipinski definition) is 3. The van der Waals surface area contributed by atoms with Crippen LogP contribution in [0.1, 0.15) is 37.3 Å². The fraction of sp³-hybridized carbons (Fsp3) is 0.562. The lowest BCUT2D eigenvalue weighted by molar-refractivity contribution is -0.137. The van der Waals surface area contributed by atoms with E-state index in [1.807, 2.05) is 15.5 Å². The molecule has 2 aliphatic rings. The zero-order valence-electron chi connectivity index (χ0n) is 12.4. The highest BCUT2D eigenvalue weighted by molar-refractivity contribution is 5.77. The molecule has 0 spiro atoms. The molecule has 6 heteroatoms. The molecule has 0 saturated carbocycles. The zero-order valence-corrected chi connectivity index (χ0v) is 12.4. The molecule has 118 valence electrons. The SMILES string of the molecule is O=C(O)CCCC(=O)N1CC2C[C@@H](C1)Cn1c2cccc1=O. The monoisotopic (exact) mass is 304 g/mol. The van der Waals surface area contributed by atoms with Crippen molar-refractivity contribution in [2.45, 2.75) is 38.1 Å². The van der Waals surface area contributed by atoms with Crippen molar-refractivity contribution in [3.63, 3.8) is 0 Å². The fourth-order valence-electron chi connectivity index (χ4n) is 3.65. The summed E-state index contributed by atoms with van der Waals surface area (Å²) in [7, 11) is 0. The molecule has 1 N–H and O–H groups in total. The number of aromatic nitrogens is 1. The lowest BCUT2D eigenvalue weighted by Gasteiger charge is -2.42. The van der Waals surface area contributed by atoms with E-state index in [0.29, 0.717) is 32.0 Å². The van der Waals surface area contributed by atoms with Crippen LogP contribution in [0.5, 0.6) is 0 Å². The van der Waals surface area contributed by atoms with E-state index in [2.05, 4.69) is 0 Å². The number of hydrogen-bond donors (Lipinski definition) is 1. The number of pyridine rings is 1. The first-order valence-corrected chi connectivity index (χ1v) is 7.74. The summed E-state index contributed by atoms with van der Waals surface area (Å²) < 4.78 is 1.84. The molecule has 2 bridgehead atoms. The maximum atomic E-state index is 12.3. The van der Waals surface area contributed by atoms with E-state index in [1.54, 1.807) is 12.1 Å². The van der Waals surface area contributed by atoms with Crippen LogP contribution in [0, 0.1) is 5.92 Å². The minimum absolute atomic E-state index is 0.0303. The number of carbonyl (C=O) groups excluding carboxylic acids is 1. The Bertz CT molecular complexity index is 652. The normalized spacial score (nSPS) is 23.0. The lowest BCUT2D eigenvalue weighted by Crippen LogP contribution is -2.49. The molecule has 1 aromatic heterocycles. The maximum absolute atomic E-state index is 12.3. The smallest absolute Gasteiger partial charge is 0.303 e. The van der Waals surface area contributed by atoms with E-state index >= 15 is 0 Å². The Morgan fingerprint density at radius 3 is 2.77 bits per heavy atom. The van der Waals surface area contributed by atoms with Gasteiger partial charge in [-0.05, 0) is 24.8 Å². The van der Waals surface area contributed by atoms with Gasteiger partial charge in [0.25, 0.3) is 5.56 Å². The van der Waals surface area contributed by atoms with Crippen molar-refractivity contribution in [2.75, 3.05) is 13.1 Å². The Hall–Kier alpha value is -2.11. The van der Waals surface area contributed by atoms with Gasteiger partial charge in [0, 0.05) is 50.2 Å². The van der Waals surface area contributed by atoms with Crippen LogP contribution in [-0.2, 0) is 16.1 Å². The van der Waals surface area contributed by atoms with Gasteiger partial charge in [-0.3, -0.25) is 14.4 Å². The lowest BCUT2D eigenvalue weighted by atomic mass is 9.83. The predicted molar refractivity (Wildman–Crippen MR) is 79.6 cm³/mol. The molecule has 1 unspecified atom stereocenters. The number of fused-ring (bicyclic) bond motifs is 4. The highest BCUT2D eigenvalue weighted by atomic mass is 16.4.